The molecule has 1 aliphatic rings. The monoisotopic (exact) mass is 227 g/mol. The van der Waals surface area contributed by atoms with Crippen LogP contribution in [0.15, 0.2) is 47.5 Å². The van der Waals surface area contributed by atoms with E-state index in [0.29, 0.717) is 0 Å². The van der Waals surface area contributed by atoms with Crippen molar-refractivity contribution in [1.29, 1.82) is 0 Å². The lowest BCUT2D eigenvalue weighted by Crippen LogP contribution is -2.24. The molecule has 2 heterocycles. The first-order valence-corrected chi connectivity index (χ1v) is 5.98. The topological polar surface area (TPSA) is 24.9 Å². The van der Waals surface area contributed by atoms with Crippen LogP contribution < -0.4 is 5.32 Å². The second-order valence-corrected chi connectivity index (χ2v) is 5.36. The van der Waals surface area contributed by atoms with Crippen LogP contribution in [-0.2, 0) is 4.87 Å². The van der Waals surface area contributed by atoms with E-state index in [1.165, 1.54) is 4.90 Å². The van der Waals surface area contributed by atoms with E-state index in [-0.39, 0.29) is 4.87 Å². The second-order valence-electron chi connectivity index (χ2n) is 3.90. The minimum atomic E-state index is -0.168. The van der Waals surface area contributed by atoms with E-state index in [4.69, 9.17) is 0 Å². The molecule has 1 aromatic heterocycles. The van der Waals surface area contributed by atoms with Crippen molar-refractivity contribution < 1.29 is 0 Å². The third kappa shape index (κ3) is 1.48. The first-order chi connectivity index (χ1) is 7.78. The Hall–Kier alpha value is -1.48. The standard InChI is InChI=1S/C13H11N2S/c1-13(12-8-4-5-9-14-12)15-10-6-2-3-7-11(10)16-13/h3-9,15H,1H3. The van der Waals surface area contributed by atoms with Gasteiger partial charge >= 0.3 is 0 Å². The Morgan fingerprint density at radius 3 is 3.06 bits per heavy atom. The number of fused-ring (bicyclic) bond motifs is 1. The molecule has 1 aliphatic heterocycles. The van der Waals surface area contributed by atoms with Crippen LogP contribution in [0.1, 0.15) is 12.6 Å². The normalized spacial score (nSPS) is 22.6. The zero-order chi connectivity index (χ0) is 11.0. The maximum Gasteiger partial charge on any atom is 0.128 e. The predicted octanol–water partition coefficient (Wildman–Crippen LogP) is 3.27. The molecule has 2 nitrogen and oxygen atoms in total. The summed E-state index contributed by atoms with van der Waals surface area (Å²) in [5.74, 6) is 0. The molecule has 1 unspecified atom stereocenters. The minimum absolute atomic E-state index is 0.168. The van der Waals surface area contributed by atoms with E-state index in [2.05, 4.69) is 35.4 Å². The first kappa shape index (κ1) is 9.73. The molecule has 0 fully saturated rings. The number of hydrogen-bond acceptors (Lipinski definition) is 3. The first-order valence-electron chi connectivity index (χ1n) is 5.17. The van der Waals surface area contributed by atoms with Gasteiger partial charge in [0.1, 0.15) is 4.87 Å². The number of nitrogens with one attached hydrogen (secondary N) is 1. The average molecular weight is 227 g/mol. The molecule has 0 spiro atoms. The highest BCUT2D eigenvalue weighted by atomic mass is 32.2. The number of aromatic nitrogens is 1. The summed E-state index contributed by atoms with van der Waals surface area (Å²) in [5.41, 5.74) is 2.19. The molecule has 1 aromatic carbocycles. The van der Waals surface area contributed by atoms with Crippen molar-refractivity contribution in [2.45, 2.75) is 16.7 Å². The fourth-order valence-corrected chi connectivity index (χ4v) is 3.05. The Kier molecular flexibility index (Phi) is 2.14. The van der Waals surface area contributed by atoms with Crippen molar-refractivity contribution >= 4 is 17.4 Å². The second kappa shape index (κ2) is 3.52. The van der Waals surface area contributed by atoms with Crippen LogP contribution >= 0.6 is 11.8 Å². The van der Waals surface area contributed by atoms with Crippen LogP contribution in [0.5, 0.6) is 0 Å². The molecular weight excluding hydrogens is 216 g/mol. The summed E-state index contributed by atoms with van der Waals surface area (Å²) in [5, 5.41) is 3.50. The Balaban J connectivity index is 2.01. The van der Waals surface area contributed by atoms with Gasteiger partial charge in [0.25, 0.3) is 0 Å². The molecule has 2 aromatic rings. The molecule has 0 saturated heterocycles. The maximum atomic E-state index is 4.42. The number of pyridine rings is 1. The van der Waals surface area contributed by atoms with Gasteiger partial charge in [-0.2, -0.15) is 0 Å². The van der Waals surface area contributed by atoms with E-state index < -0.39 is 0 Å². The van der Waals surface area contributed by atoms with E-state index in [9.17, 15) is 0 Å². The molecule has 3 rings (SSSR count). The van der Waals surface area contributed by atoms with Crippen LogP contribution in [0, 0.1) is 6.07 Å². The molecular formula is C13H11N2S. The van der Waals surface area contributed by atoms with E-state index >= 15 is 0 Å². The average Bonchev–Trinajstić information content (AvgIpc) is 2.68. The van der Waals surface area contributed by atoms with Crippen LogP contribution in [-0.4, -0.2) is 4.98 Å². The highest BCUT2D eigenvalue weighted by Crippen LogP contribution is 2.49. The van der Waals surface area contributed by atoms with Gasteiger partial charge in [0, 0.05) is 16.8 Å². The summed E-state index contributed by atoms with van der Waals surface area (Å²) < 4.78 is 0. The van der Waals surface area contributed by atoms with Crippen molar-refractivity contribution in [1.82, 2.24) is 4.98 Å². The molecule has 3 heteroatoms. The van der Waals surface area contributed by atoms with Crippen LogP contribution in [0.2, 0.25) is 0 Å². The lowest BCUT2D eigenvalue weighted by molar-refractivity contribution is 0.777. The SMILES string of the molecule is CC1(c2ccccn2)Nc2c[c]ccc2S1. The summed E-state index contributed by atoms with van der Waals surface area (Å²) in [7, 11) is 0. The Morgan fingerprint density at radius 1 is 1.38 bits per heavy atom. The van der Waals surface area contributed by atoms with E-state index in [0.717, 1.165) is 11.4 Å². The minimum Gasteiger partial charge on any atom is -0.365 e. The van der Waals surface area contributed by atoms with Gasteiger partial charge < -0.3 is 5.32 Å². The van der Waals surface area contributed by atoms with Gasteiger partial charge in [0.2, 0.25) is 0 Å². The third-order valence-corrected chi connectivity index (χ3v) is 3.96. The maximum absolute atomic E-state index is 4.42. The fourth-order valence-electron chi connectivity index (χ4n) is 1.87. The van der Waals surface area contributed by atoms with Crippen molar-refractivity contribution in [3.8, 4) is 0 Å². The van der Waals surface area contributed by atoms with Crippen molar-refractivity contribution in [2.24, 2.45) is 0 Å². The number of nitrogens with zero attached hydrogens (tertiary/aromatic N) is 1. The highest BCUT2D eigenvalue weighted by Gasteiger charge is 2.35. The molecule has 0 aliphatic carbocycles. The summed E-state index contributed by atoms with van der Waals surface area (Å²) in [6.45, 7) is 2.15. The Labute approximate surface area is 99.1 Å². The molecule has 79 valence electrons. The predicted molar refractivity (Wildman–Crippen MR) is 66.3 cm³/mol. The quantitative estimate of drug-likeness (QED) is 0.809. The summed E-state index contributed by atoms with van der Waals surface area (Å²) in [6.07, 6.45) is 1.83. The number of rotatable bonds is 1. The lowest BCUT2D eigenvalue weighted by Gasteiger charge is -2.23. The third-order valence-electron chi connectivity index (χ3n) is 2.67. The molecule has 0 saturated carbocycles. The van der Waals surface area contributed by atoms with Gasteiger partial charge in [-0.3, -0.25) is 4.98 Å². The smallest absolute Gasteiger partial charge is 0.128 e. The van der Waals surface area contributed by atoms with Gasteiger partial charge in [-0.05, 0) is 37.3 Å². The van der Waals surface area contributed by atoms with E-state index in [1.54, 1.807) is 11.8 Å². The Morgan fingerprint density at radius 2 is 2.31 bits per heavy atom. The number of hydrogen-bond donors (Lipinski definition) is 1. The highest BCUT2D eigenvalue weighted by molar-refractivity contribution is 8.00. The molecule has 0 bridgehead atoms. The zero-order valence-electron chi connectivity index (χ0n) is 8.90. The molecule has 0 amide bonds. The van der Waals surface area contributed by atoms with Gasteiger partial charge in [0.15, 0.2) is 0 Å². The van der Waals surface area contributed by atoms with Crippen molar-refractivity contribution in [3.63, 3.8) is 0 Å². The van der Waals surface area contributed by atoms with Crippen LogP contribution in [0.4, 0.5) is 5.69 Å². The number of thioether (sulfide) groups is 1. The molecule has 1 atom stereocenters. The van der Waals surface area contributed by atoms with Crippen molar-refractivity contribution in [2.75, 3.05) is 5.32 Å². The fraction of sp³-hybridized carbons (Fsp3) is 0.154. The summed E-state index contributed by atoms with van der Waals surface area (Å²) in [6, 6.07) is 15.1. The lowest BCUT2D eigenvalue weighted by atomic mass is 10.2. The molecule has 16 heavy (non-hydrogen) atoms. The van der Waals surface area contributed by atoms with Gasteiger partial charge in [-0.25, -0.2) is 0 Å². The van der Waals surface area contributed by atoms with Gasteiger partial charge in [-0.1, -0.05) is 23.9 Å². The Bertz CT molecular complexity index is 485. The largest absolute Gasteiger partial charge is 0.365 e. The van der Waals surface area contributed by atoms with Gasteiger partial charge in [-0.15, -0.1) is 0 Å². The molecule has 1 radical (unpaired) electrons. The summed E-state index contributed by atoms with van der Waals surface area (Å²) >= 11 is 1.80. The molecule has 1 N–H and O–H groups in total. The zero-order valence-corrected chi connectivity index (χ0v) is 9.71. The van der Waals surface area contributed by atoms with E-state index in [1.807, 2.05) is 30.5 Å². The van der Waals surface area contributed by atoms with Crippen LogP contribution in [0.3, 0.4) is 0 Å². The summed E-state index contributed by atoms with van der Waals surface area (Å²) in [4.78, 5) is 5.51. The number of anilines is 1. The van der Waals surface area contributed by atoms with Crippen LogP contribution in [0.25, 0.3) is 0 Å². The number of benzene rings is 1. The van der Waals surface area contributed by atoms with Gasteiger partial charge in [0.05, 0.1) is 5.69 Å². The van der Waals surface area contributed by atoms with Crippen molar-refractivity contribution in [3.05, 3.63) is 54.4 Å².